The van der Waals surface area contributed by atoms with E-state index >= 15 is 0 Å². The van der Waals surface area contributed by atoms with Crippen molar-refractivity contribution in [3.8, 4) is 0 Å². The van der Waals surface area contributed by atoms with Crippen LogP contribution in [0.3, 0.4) is 0 Å². The van der Waals surface area contributed by atoms with Crippen LogP contribution in [0, 0.1) is 43.3 Å². The summed E-state index contributed by atoms with van der Waals surface area (Å²) >= 11 is 0. The summed E-state index contributed by atoms with van der Waals surface area (Å²) in [5, 5.41) is 22.3. The average Bonchev–Trinajstić information content (AvgIpc) is 2.91. The molecule has 0 radical (unpaired) electrons. The van der Waals surface area contributed by atoms with Crippen LogP contribution < -0.4 is 0 Å². The monoisotopic (exact) mass is 654 g/mol. The van der Waals surface area contributed by atoms with E-state index < -0.39 is 22.8 Å². The minimum absolute atomic E-state index is 0. The Bertz CT molecular complexity index is 953. The molecule has 0 aromatic carbocycles. The van der Waals surface area contributed by atoms with Gasteiger partial charge in [-0.25, -0.2) is 0 Å². The smallest absolute Gasteiger partial charge is 0.309 e. The fraction of sp³-hybridized carbons (Fsp3) is 0.947. The van der Waals surface area contributed by atoms with Crippen LogP contribution in [0.1, 0.15) is 182 Å². The topological polar surface area (TPSA) is 74.6 Å². The Morgan fingerprint density at radius 1 is 0.432 bits per heavy atom. The molecule has 6 heteroatoms. The summed E-state index contributed by atoms with van der Waals surface area (Å²) in [5.74, 6) is -1.04. The summed E-state index contributed by atoms with van der Waals surface area (Å²) in [4.78, 5) is 27.1. The molecule has 0 spiro atoms. The molecule has 8 bridgehead atoms. The third-order valence-corrected chi connectivity index (χ3v) is 14.8. The maximum Gasteiger partial charge on any atom is 0.309 e. The number of carbonyl (C=O) groups is 2. The first-order valence-electron chi connectivity index (χ1n) is 18.3. The van der Waals surface area contributed by atoms with E-state index in [0.29, 0.717) is 0 Å². The molecule has 8 aliphatic carbocycles. The quantitative estimate of drug-likeness (QED) is 0.184. The maximum absolute atomic E-state index is 13.5. The van der Waals surface area contributed by atoms with E-state index in [1.54, 1.807) is 0 Å². The highest BCUT2D eigenvalue weighted by atomic mass is 35.5. The molecule has 8 rings (SSSR count). The molecule has 0 aromatic heterocycles. The van der Waals surface area contributed by atoms with Crippen LogP contribution in [-0.4, -0.2) is 22.2 Å². The summed E-state index contributed by atoms with van der Waals surface area (Å²) in [5.41, 5.74) is -0.732. The summed E-state index contributed by atoms with van der Waals surface area (Å²) < 4.78 is 0. The number of unbranched alkanes of at least 4 members (excludes halogenated alkanes) is 4. The molecule has 4 atom stereocenters. The predicted octanol–water partition coefficient (Wildman–Crippen LogP) is 11.4. The van der Waals surface area contributed by atoms with Crippen LogP contribution in [0.5, 0.6) is 0 Å². The number of halogens is 2. The summed E-state index contributed by atoms with van der Waals surface area (Å²) in [6.07, 6.45) is 26.6. The summed E-state index contributed by atoms with van der Waals surface area (Å²) in [6.45, 7) is 9.17. The van der Waals surface area contributed by atoms with Crippen LogP contribution >= 0.6 is 24.8 Å². The fourth-order valence-electron chi connectivity index (χ4n) is 15.0. The minimum atomic E-state index is -0.608. The molecule has 0 aromatic rings. The van der Waals surface area contributed by atoms with Crippen molar-refractivity contribution >= 4 is 36.8 Å². The lowest BCUT2D eigenvalue weighted by Crippen LogP contribution is -2.73. The molecule has 2 N–H and O–H groups in total. The third-order valence-electron chi connectivity index (χ3n) is 14.8. The summed E-state index contributed by atoms with van der Waals surface area (Å²) in [6, 6.07) is 0. The standard InChI is InChI=1S/C38H62O4.2ClH/c1-5-9-13-31-17-32(14-10-6-2)20-35(19-31,29(39)40)27-37(23-31,24-32)38-25-33(15-11-7-3)18-34(26-38,16-12-8-4)22-36(21-33,28-38)30(41)42;;/h5-28H2,1-4H3,(H,39,40)(H,41,42);2*1H. The second kappa shape index (κ2) is 12.2. The highest BCUT2D eigenvalue weighted by molar-refractivity contribution is 5.85. The lowest BCUT2D eigenvalue weighted by Gasteiger charge is -2.80. The number of aliphatic carboxylic acids is 2. The van der Waals surface area contributed by atoms with Crippen LogP contribution in [0.15, 0.2) is 0 Å². The Labute approximate surface area is 280 Å². The lowest BCUT2D eigenvalue weighted by molar-refractivity contribution is -0.306. The van der Waals surface area contributed by atoms with Crippen molar-refractivity contribution in [3.05, 3.63) is 0 Å². The van der Waals surface area contributed by atoms with Gasteiger partial charge >= 0.3 is 11.9 Å². The SMILES string of the molecule is CCCCC12CC3(CCCC)CC(C(=O)O)(C1)CC(C14CC5(CCCC)CC(CCCC)(CC(C(=O)O)(C5)C1)C4)(C2)C3.Cl.Cl. The minimum Gasteiger partial charge on any atom is -0.481 e. The van der Waals surface area contributed by atoms with Crippen molar-refractivity contribution in [2.45, 2.75) is 182 Å². The van der Waals surface area contributed by atoms with Crippen LogP contribution in [0.25, 0.3) is 0 Å². The third kappa shape index (κ3) is 5.38. The van der Waals surface area contributed by atoms with Crippen molar-refractivity contribution in [3.63, 3.8) is 0 Å². The van der Waals surface area contributed by atoms with Gasteiger partial charge in [0, 0.05) is 0 Å². The first kappa shape index (κ1) is 36.4. The van der Waals surface area contributed by atoms with Gasteiger partial charge in [0.05, 0.1) is 10.8 Å². The van der Waals surface area contributed by atoms with Gasteiger partial charge in [-0.3, -0.25) is 9.59 Å². The van der Waals surface area contributed by atoms with Gasteiger partial charge in [-0.1, -0.05) is 79.1 Å². The number of hydrogen-bond donors (Lipinski definition) is 2. The Balaban J connectivity index is 0.00000221. The van der Waals surface area contributed by atoms with Gasteiger partial charge in [0.1, 0.15) is 0 Å². The molecule has 0 amide bonds. The first-order valence-corrected chi connectivity index (χ1v) is 18.3. The highest BCUT2D eigenvalue weighted by Crippen LogP contribution is 2.86. The Hall–Kier alpha value is -0.480. The molecule has 44 heavy (non-hydrogen) atoms. The predicted molar refractivity (Wildman–Crippen MR) is 183 cm³/mol. The van der Waals surface area contributed by atoms with Crippen molar-refractivity contribution in [1.82, 2.24) is 0 Å². The van der Waals surface area contributed by atoms with E-state index in [0.717, 1.165) is 38.5 Å². The zero-order chi connectivity index (χ0) is 30.1. The fourth-order valence-corrected chi connectivity index (χ4v) is 15.0. The van der Waals surface area contributed by atoms with Gasteiger partial charge < -0.3 is 10.2 Å². The van der Waals surface area contributed by atoms with Crippen molar-refractivity contribution in [2.24, 2.45) is 43.3 Å². The lowest BCUT2D eigenvalue weighted by atomic mass is 9.24. The molecule has 4 unspecified atom stereocenters. The highest BCUT2D eigenvalue weighted by Gasteiger charge is 2.79. The second-order valence-corrected chi connectivity index (χ2v) is 18.3. The molecule has 0 heterocycles. The number of hydrogen-bond acceptors (Lipinski definition) is 2. The molecule has 8 saturated carbocycles. The van der Waals surface area contributed by atoms with Gasteiger partial charge in [0.25, 0.3) is 0 Å². The van der Waals surface area contributed by atoms with Crippen molar-refractivity contribution < 1.29 is 19.8 Å². The van der Waals surface area contributed by atoms with Crippen LogP contribution in [0.2, 0.25) is 0 Å². The van der Waals surface area contributed by atoms with Gasteiger partial charge in [0.15, 0.2) is 0 Å². The molecule has 0 aliphatic heterocycles. The zero-order valence-corrected chi connectivity index (χ0v) is 30.1. The molecule has 4 nitrogen and oxygen atoms in total. The molecular formula is C38H64Cl2O4. The Kier molecular flexibility index (Phi) is 10.1. The Morgan fingerprint density at radius 2 is 0.682 bits per heavy atom. The molecule has 0 saturated heterocycles. The zero-order valence-electron chi connectivity index (χ0n) is 28.5. The largest absolute Gasteiger partial charge is 0.481 e. The number of carboxylic acids is 2. The van der Waals surface area contributed by atoms with Crippen LogP contribution in [0.4, 0.5) is 0 Å². The summed E-state index contributed by atoms with van der Waals surface area (Å²) in [7, 11) is 0. The number of carboxylic acid groups (broad SMARTS) is 2. The van der Waals surface area contributed by atoms with E-state index in [4.69, 9.17) is 0 Å². The van der Waals surface area contributed by atoms with Gasteiger partial charge in [-0.15, -0.1) is 24.8 Å². The van der Waals surface area contributed by atoms with Crippen molar-refractivity contribution in [2.75, 3.05) is 0 Å². The number of rotatable bonds is 15. The van der Waals surface area contributed by atoms with E-state index in [9.17, 15) is 19.8 Å². The molecule has 8 fully saturated rings. The first-order chi connectivity index (χ1) is 19.9. The molecule has 8 aliphatic rings. The van der Waals surface area contributed by atoms with Gasteiger partial charge in [0.2, 0.25) is 0 Å². The second-order valence-electron chi connectivity index (χ2n) is 18.3. The van der Waals surface area contributed by atoms with E-state index in [-0.39, 0.29) is 57.3 Å². The Morgan fingerprint density at radius 3 is 0.886 bits per heavy atom. The van der Waals surface area contributed by atoms with Crippen LogP contribution in [-0.2, 0) is 9.59 Å². The van der Waals surface area contributed by atoms with E-state index in [2.05, 4.69) is 27.7 Å². The average molecular weight is 656 g/mol. The van der Waals surface area contributed by atoms with E-state index in [1.165, 1.54) is 116 Å². The normalized spacial score (nSPS) is 46.0. The molecule has 254 valence electrons. The van der Waals surface area contributed by atoms with Gasteiger partial charge in [-0.05, 0) is 135 Å². The van der Waals surface area contributed by atoms with Gasteiger partial charge in [-0.2, -0.15) is 0 Å². The molecular weight excluding hydrogens is 591 g/mol. The maximum atomic E-state index is 13.5. The van der Waals surface area contributed by atoms with E-state index in [1.807, 2.05) is 0 Å². The van der Waals surface area contributed by atoms with Crippen molar-refractivity contribution in [1.29, 1.82) is 0 Å².